The van der Waals surface area contributed by atoms with Crippen molar-refractivity contribution in [1.29, 1.82) is 0 Å². The average molecular weight is 281 g/mol. The van der Waals surface area contributed by atoms with E-state index in [0.29, 0.717) is 6.04 Å². The fourth-order valence-electron chi connectivity index (χ4n) is 3.39. The van der Waals surface area contributed by atoms with Gasteiger partial charge in [0.15, 0.2) is 0 Å². The number of hydrogen-bond acceptors (Lipinski definition) is 3. The van der Waals surface area contributed by atoms with Crippen molar-refractivity contribution in [3.05, 3.63) is 0 Å². The molecule has 0 bridgehead atoms. The molecule has 0 spiro atoms. The third kappa shape index (κ3) is 3.95. The summed E-state index contributed by atoms with van der Waals surface area (Å²) in [5, 5.41) is 6.66. The highest BCUT2D eigenvalue weighted by Crippen LogP contribution is 2.23. The third-order valence-corrected chi connectivity index (χ3v) is 5.38. The molecule has 2 fully saturated rings. The molecule has 0 aromatic heterocycles. The number of carbonyl (C=O) groups excluding carboxylic acids is 1. The van der Waals surface area contributed by atoms with Gasteiger partial charge in [0.05, 0.1) is 6.04 Å². The lowest BCUT2D eigenvalue weighted by Gasteiger charge is -2.41. The summed E-state index contributed by atoms with van der Waals surface area (Å²) in [5.41, 5.74) is 0.246. The Morgan fingerprint density at radius 1 is 1.20 bits per heavy atom. The molecule has 4 nitrogen and oxygen atoms in total. The van der Waals surface area contributed by atoms with Crippen LogP contribution in [0.15, 0.2) is 0 Å². The van der Waals surface area contributed by atoms with Crippen LogP contribution in [0.5, 0.6) is 0 Å². The smallest absolute Gasteiger partial charge is 0.237 e. The van der Waals surface area contributed by atoms with Crippen molar-refractivity contribution >= 4 is 5.91 Å². The minimum Gasteiger partial charge on any atom is -0.352 e. The molecule has 0 aromatic carbocycles. The first-order valence-electron chi connectivity index (χ1n) is 8.27. The number of piperidine rings is 1. The Morgan fingerprint density at radius 2 is 1.80 bits per heavy atom. The van der Waals surface area contributed by atoms with E-state index >= 15 is 0 Å². The Bertz CT molecular complexity index is 318. The Morgan fingerprint density at radius 3 is 2.35 bits per heavy atom. The molecule has 2 rings (SSSR count). The van der Waals surface area contributed by atoms with Crippen molar-refractivity contribution in [2.24, 2.45) is 0 Å². The quantitative estimate of drug-likeness (QED) is 0.827. The minimum absolute atomic E-state index is 0.0123. The fraction of sp³-hybridized carbons (Fsp3) is 0.938. The van der Waals surface area contributed by atoms with Crippen molar-refractivity contribution in [3.63, 3.8) is 0 Å². The minimum atomic E-state index is 0.0123. The highest BCUT2D eigenvalue weighted by Gasteiger charge is 2.32. The van der Waals surface area contributed by atoms with E-state index in [1.54, 1.807) is 0 Å². The second kappa shape index (κ2) is 6.90. The van der Waals surface area contributed by atoms with Crippen LogP contribution >= 0.6 is 0 Å². The summed E-state index contributed by atoms with van der Waals surface area (Å²) in [6, 6.07) is 0.435. The lowest BCUT2D eigenvalue weighted by atomic mass is 9.89. The summed E-state index contributed by atoms with van der Waals surface area (Å²) in [7, 11) is 2.04. The standard InChI is InChI=1S/C16H31N3O/c1-13(15(20)18-14-7-5-4-6-8-14)19-11-9-16(2,17-3)10-12-19/h13-14,17H,4-12H2,1-3H3,(H,18,20). The first-order valence-corrected chi connectivity index (χ1v) is 8.27. The summed E-state index contributed by atoms with van der Waals surface area (Å²) < 4.78 is 0. The van der Waals surface area contributed by atoms with Crippen LogP contribution in [0.3, 0.4) is 0 Å². The second-order valence-corrected chi connectivity index (χ2v) is 6.87. The summed E-state index contributed by atoms with van der Waals surface area (Å²) in [4.78, 5) is 14.7. The Balaban J connectivity index is 1.79. The molecule has 1 unspecified atom stereocenters. The molecule has 4 heteroatoms. The van der Waals surface area contributed by atoms with Crippen LogP contribution in [0.25, 0.3) is 0 Å². The van der Waals surface area contributed by atoms with E-state index in [2.05, 4.69) is 29.4 Å². The first kappa shape index (κ1) is 15.8. The van der Waals surface area contributed by atoms with Gasteiger partial charge in [-0.3, -0.25) is 9.69 Å². The van der Waals surface area contributed by atoms with Crippen molar-refractivity contribution in [2.45, 2.75) is 76.4 Å². The SMILES string of the molecule is CNC1(C)CCN(C(C)C(=O)NC2CCCCC2)CC1. The maximum absolute atomic E-state index is 12.4. The number of likely N-dealkylation sites (tertiary alicyclic amines) is 1. The number of hydrogen-bond donors (Lipinski definition) is 2. The topological polar surface area (TPSA) is 44.4 Å². The summed E-state index contributed by atoms with van der Waals surface area (Å²) in [6.45, 7) is 6.35. The van der Waals surface area contributed by atoms with Gasteiger partial charge < -0.3 is 10.6 Å². The van der Waals surface area contributed by atoms with Gasteiger partial charge in [0.2, 0.25) is 5.91 Å². The maximum atomic E-state index is 12.4. The summed E-state index contributed by atoms with van der Waals surface area (Å²) in [6.07, 6.45) is 8.42. The molecule has 0 aromatic rings. The van der Waals surface area contributed by atoms with Crippen LogP contribution in [0.2, 0.25) is 0 Å². The number of amides is 1. The van der Waals surface area contributed by atoms with Gasteiger partial charge in [-0.2, -0.15) is 0 Å². The lowest BCUT2D eigenvalue weighted by Crippen LogP contribution is -2.55. The number of rotatable bonds is 4. The third-order valence-electron chi connectivity index (χ3n) is 5.38. The van der Waals surface area contributed by atoms with E-state index < -0.39 is 0 Å². The van der Waals surface area contributed by atoms with Gasteiger partial charge in [-0.15, -0.1) is 0 Å². The Hall–Kier alpha value is -0.610. The summed E-state index contributed by atoms with van der Waals surface area (Å²) in [5.74, 6) is 0.227. The molecule has 1 aliphatic heterocycles. The van der Waals surface area contributed by atoms with Gasteiger partial charge in [0, 0.05) is 24.7 Å². The largest absolute Gasteiger partial charge is 0.352 e. The van der Waals surface area contributed by atoms with Gasteiger partial charge in [-0.25, -0.2) is 0 Å². The molecule has 1 heterocycles. The zero-order valence-corrected chi connectivity index (χ0v) is 13.4. The van der Waals surface area contributed by atoms with E-state index in [4.69, 9.17) is 0 Å². The highest BCUT2D eigenvalue weighted by atomic mass is 16.2. The second-order valence-electron chi connectivity index (χ2n) is 6.87. The van der Waals surface area contributed by atoms with Gasteiger partial charge >= 0.3 is 0 Å². The average Bonchev–Trinajstić information content (AvgIpc) is 2.48. The zero-order chi connectivity index (χ0) is 14.6. The molecular weight excluding hydrogens is 250 g/mol. The molecule has 2 N–H and O–H groups in total. The van der Waals surface area contributed by atoms with E-state index in [0.717, 1.165) is 38.8 Å². The Kier molecular flexibility index (Phi) is 5.44. The molecule has 116 valence electrons. The maximum Gasteiger partial charge on any atom is 0.237 e. The molecule has 1 amide bonds. The molecular formula is C16H31N3O. The van der Waals surface area contributed by atoms with Crippen molar-refractivity contribution < 1.29 is 4.79 Å². The van der Waals surface area contributed by atoms with Crippen LogP contribution in [-0.2, 0) is 4.79 Å². The van der Waals surface area contributed by atoms with E-state index in [1.165, 1.54) is 19.3 Å². The predicted molar refractivity (Wildman–Crippen MR) is 82.7 cm³/mol. The molecule has 1 saturated carbocycles. The van der Waals surface area contributed by atoms with Crippen LogP contribution < -0.4 is 10.6 Å². The van der Waals surface area contributed by atoms with Gasteiger partial charge in [0.1, 0.15) is 0 Å². The van der Waals surface area contributed by atoms with Crippen LogP contribution in [0.1, 0.15) is 58.8 Å². The first-order chi connectivity index (χ1) is 9.54. The van der Waals surface area contributed by atoms with E-state index in [-0.39, 0.29) is 17.5 Å². The number of nitrogens with one attached hydrogen (secondary N) is 2. The van der Waals surface area contributed by atoms with Gasteiger partial charge in [-0.1, -0.05) is 19.3 Å². The van der Waals surface area contributed by atoms with E-state index in [9.17, 15) is 4.79 Å². The van der Waals surface area contributed by atoms with Crippen LogP contribution in [-0.4, -0.2) is 48.6 Å². The van der Waals surface area contributed by atoms with Crippen LogP contribution in [0.4, 0.5) is 0 Å². The molecule has 20 heavy (non-hydrogen) atoms. The molecule has 0 radical (unpaired) electrons. The van der Waals surface area contributed by atoms with Crippen molar-refractivity contribution in [2.75, 3.05) is 20.1 Å². The number of carbonyl (C=O) groups is 1. The lowest BCUT2D eigenvalue weighted by molar-refractivity contribution is -0.127. The van der Waals surface area contributed by atoms with Crippen LogP contribution in [0, 0.1) is 0 Å². The van der Waals surface area contributed by atoms with Crippen molar-refractivity contribution in [3.8, 4) is 0 Å². The fourth-order valence-corrected chi connectivity index (χ4v) is 3.39. The normalized spacial score (nSPS) is 26.1. The predicted octanol–water partition coefficient (Wildman–Crippen LogP) is 1.90. The molecule has 1 saturated heterocycles. The Labute approximate surface area is 123 Å². The molecule has 2 aliphatic rings. The number of nitrogens with zero attached hydrogens (tertiary/aromatic N) is 1. The highest BCUT2D eigenvalue weighted by molar-refractivity contribution is 5.81. The molecule has 1 aliphatic carbocycles. The van der Waals surface area contributed by atoms with Gasteiger partial charge in [-0.05, 0) is 46.6 Å². The molecule has 1 atom stereocenters. The monoisotopic (exact) mass is 281 g/mol. The summed E-state index contributed by atoms with van der Waals surface area (Å²) >= 11 is 0. The van der Waals surface area contributed by atoms with Crippen molar-refractivity contribution in [1.82, 2.24) is 15.5 Å². The van der Waals surface area contributed by atoms with E-state index in [1.807, 2.05) is 7.05 Å². The van der Waals surface area contributed by atoms with Gasteiger partial charge in [0.25, 0.3) is 0 Å². The zero-order valence-electron chi connectivity index (χ0n) is 13.4.